The normalized spacial score (nSPS) is 16.3. The summed E-state index contributed by atoms with van der Waals surface area (Å²) in [5, 5.41) is 0.457. The van der Waals surface area contributed by atoms with Crippen molar-refractivity contribution in [2.75, 3.05) is 10.7 Å². The summed E-state index contributed by atoms with van der Waals surface area (Å²) in [5.41, 5.74) is 4.87. The number of para-hydroxylation sites is 2. The molecule has 0 aliphatic heterocycles. The number of benzene rings is 3. The monoisotopic (exact) mass is 481 g/mol. The van der Waals surface area contributed by atoms with E-state index in [-0.39, 0.29) is 22.6 Å². The van der Waals surface area contributed by atoms with Crippen LogP contribution in [0.1, 0.15) is 31.4 Å². The van der Waals surface area contributed by atoms with Crippen molar-refractivity contribution in [3.63, 3.8) is 0 Å². The van der Waals surface area contributed by atoms with Gasteiger partial charge in [-0.1, -0.05) is 86.3 Å². The second-order valence-electron chi connectivity index (χ2n) is 9.03. The van der Waals surface area contributed by atoms with Gasteiger partial charge in [0.25, 0.3) is 5.56 Å². The molecule has 1 amide bonds. The highest BCUT2D eigenvalue weighted by molar-refractivity contribution is 7.99. The number of nitrogens with zero attached hydrogens (tertiary/aromatic N) is 2. The number of thioether (sulfide) groups is 1. The molecule has 4 aromatic rings. The first-order chi connectivity index (χ1) is 17.0. The molecule has 0 saturated heterocycles. The number of fused-ring (bicyclic) bond motifs is 3. The number of H-pyrrole nitrogens is 1. The molecule has 1 aromatic heterocycles. The largest absolute Gasteiger partial charge is 0.301 e. The van der Waals surface area contributed by atoms with Crippen molar-refractivity contribution in [2.45, 2.75) is 37.3 Å². The molecule has 6 heteroatoms. The van der Waals surface area contributed by atoms with Crippen LogP contribution in [0, 0.1) is 0 Å². The zero-order valence-electron chi connectivity index (χ0n) is 19.8. The minimum atomic E-state index is -0.277. The van der Waals surface area contributed by atoms with Gasteiger partial charge in [0, 0.05) is 27.9 Å². The first-order valence-corrected chi connectivity index (χ1v) is 12.8. The molecule has 1 atom stereocenters. The number of rotatable bonds is 6. The number of carbonyl (C=O) groups is 1. The molecular formula is C29H27N3O2S. The standard InChI is InChI=1S/C29H27N3O2S/c1-3-29(2)18-20-12-10-11-17-23(20)26-25(29)27(34)31-28(30-26)35-19-24(33)32(21-13-6-4-7-14-21)22-15-8-5-9-16-22/h4-17H,3,18-19H2,1-2H3,(H,30,31,34). The summed E-state index contributed by atoms with van der Waals surface area (Å²) >= 11 is 1.26. The molecule has 176 valence electrons. The molecule has 1 aliphatic rings. The molecule has 5 rings (SSSR count). The maximum Gasteiger partial charge on any atom is 0.255 e. The summed E-state index contributed by atoms with van der Waals surface area (Å²) in [7, 11) is 0. The van der Waals surface area contributed by atoms with Crippen LogP contribution in [0.3, 0.4) is 0 Å². The van der Waals surface area contributed by atoms with Crippen molar-refractivity contribution in [1.29, 1.82) is 0 Å². The number of carbonyl (C=O) groups excluding carboxylic acids is 1. The number of aromatic nitrogens is 2. The quantitative estimate of drug-likeness (QED) is 0.266. The van der Waals surface area contributed by atoms with Crippen LogP contribution in [0.2, 0.25) is 0 Å². The minimum Gasteiger partial charge on any atom is -0.301 e. The van der Waals surface area contributed by atoms with Crippen LogP contribution in [0.4, 0.5) is 11.4 Å². The highest BCUT2D eigenvalue weighted by atomic mass is 32.2. The Hall–Kier alpha value is -3.64. The number of hydrogen-bond acceptors (Lipinski definition) is 4. The second-order valence-corrected chi connectivity index (χ2v) is 10.00. The van der Waals surface area contributed by atoms with Gasteiger partial charge in [-0.3, -0.25) is 14.5 Å². The average molecular weight is 482 g/mol. The Morgan fingerprint density at radius 2 is 1.57 bits per heavy atom. The third-order valence-electron chi connectivity index (χ3n) is 6.75. The topological polar surface area (TPSA) is 66.1 Å². The molecule has 1 unspecified atom stereocenters. The third-order valence-corrected chi connectivity index (χ3v) is 7.60. The SMILES string of the molecule is CCC1(C)Cc2ccccc2-c2nc(SCC(=O)N(c3ccccc3)c3ccccc3)[nH]c(=O)c21. The molecule has 0 saturated carbocycles. The second kappa shape index (κ2) is 9.55. The Morgan fingerprint density at radius 3 is 2.20 bits per heavy atom. The van der Waals surface area contributed by atoms with Gasteiger partial charge in [0.2, 0.25) is 5.91 Å². The Morgan fingerprint density at radius 1 is 0.971 bits per heavy atom. The molecular weight excluding hydrogens is 454 g/mol. The van der Waals surface area contributed by atoms with Gasteiger partial charge in [0.1, 0.15) is 0 Å². The van der Waals surface area contributed by atoms with E-state index in [0.29, 0.717) is 5.16 Å². The lowest BCUT2D eigenvalue weighted by molar-refractivity contribution is -0.115. The summed E-state index contributed by atoms with van der Waals surface area (Å²) in [6, 6.07) is 27.3. The molecule has 0 spiro atoms. The van der Waals surface area contributed by atoms with Crippen molar-refractivity contribution in [2.24, 2.45) is 0 Å². The van der Waals surface area contributed by atoms with E-state index in [0.717, 1.165) is 41.0 Å². The molecule has 0 radical (unpaired) electrons. The van der Waals surface area contributed by atoms with Crippen molar-refractivity contribution in [3.8, 4) is 11.3 Å². The fourth-order valence-corrected chi connectivity index (χ4v) is 5.49. The Bertz CT molecular complexity index is 1380. The zero-order chi connectivity index (χ0) is 24.4. The summed E-state index contributed by atoms with van der Waals surface area (Å²) in [5.74, 6) is 0.0460. The first-order valence-electron chi connectivity index (χ1n) is 11.8. The molecule has 5 nitrogen and oxygen atoms in total. The lowest BCUT2D eigenvalue weighted by Crippen LogP contribution is -2.36. The van der Waals surface area contributed by atoms with Crippen LogP contribution >= 0.6 is 11.8 Å². The lowest BCUT2D eigenvalue weighted by atomic mass is 9.69. The minimum absolute atomic E-state index is 0.0911. The van der Waals surface area contributed by atoms with Gasteiger partial charge in [-0.05, 0) is 42.7 Å². The van der Waals surface area contributed by atoms with Gasteiger partial charge >= 0.3 is 0 Å². The Kier molecular flexibility index (Phi) is 6.31. The van der Waals surface area contributed by atoms with Gasteiger partial charge in [-0.2, -0.15) is 0 Å². The van der Waals surface area contributed by atoms with Gasteiger partial charge < -0.3 is 4.98 Å². The van der Waals surface area contributed by atoms with E-state index in [2.05, 4.69) is 24.9 Å². The van der Waals surface area contributed by atoms with Crippen molar-refractivity contribution in [1.82, 2.24) is 9.97 Å². The smallest absolute Gasteiger partial charge is 0.255 e. The van der Waals surface area contributed by atoms with Crippen LogP contribution in [0.5, 0.6) is 0 Å². The average Bonchev–Trinajstić information content (AvgIpc) is 2.89. The molecule has 1 heterocycles. The third kappa shape index (κ3) is 4.42. The first kappa shape index (κ1) is 23.1. The van der Waals surface area contributed by atoms with Crippen LogP contribution in [0.15, 0.2) is 94.9 Å². The molecule has 1 aliphatic carbocycles. The van der Waals surface area contributed by atoms with Crippen LogP contribution in [-0.4, -0.2) is 21.6 Å². The van der Waals surface area contributed by atoms with Crippen molar-refractivity contribution in [3.05, 3.63) is 106 Å². The van der Waals surface area contributed by atoms with Crippen LogP contribution < -0.4 is 10.5 Å². The van der Waals surface area contributed by atoms with Crippen molar-refractivity contribution >= 4 is 29.0 Å². The predicted molar refractivity (Wildman–Crippen MR) is 142 cm³/mol. The fourth-order valence-electron chi connectivity index (χ4n) is 4.78. The molecule has 35 heavy (non-hydrogen) atoms. The lowest BCUT2D eigenvalue weighted by Gasteiger charge is -2.35. The van der Waals surface area contributed by atoms with E-state index in [1.165, 1.54) is 17.3 Å². The Balaban J connectivity index is 1.47. The number of hydrogen-bond donors (Lipinski definition) is 1. The summed E-state index contributed by atoms with van der Waals surface area (Å²) < 4.78 is 0. The number of aromatic amines is 1. The van der Waals surface area contributed by atoms with E-state index < -0.39 is 0 Å². The summed E-state index contributed by atoms with van der Waals surface area (Å²) in [4.78, 5) is 36.2. The highest BCUT2D eigenvalue weighted by Crippen LogP contribution is 2.42. The molecule has 0 fully saturated rings. The van der Waals surface area contributed by atoms with E-state index in [1.807, 2.05) is 78.9 Å². The van der Waals surface area contributed by atoms with Crippen LogP contribution in [0.25, 0.3) is 11.3 Å². The number of anilines is 2. The van der Waals surface area contributed by atoms with Crippen molar-refractivity contribution < 1.29 is 4.79 Å². The number of nitrogens with one attached hydrogen (secondary N) is 1. The zero-order valence-corrected chi connectivity index (χ0v) is 20.6. The molecule has 1 N–H and O–H groups in total. The van der Waals surface area contributed by atoms with E-state index in [4.69, 9.17) is 4.98 Å². The van der Waals surface area contributed by atoms with Gasteiger partial charge in [-0.15, -0.1) is 0 Å². The number of amides is 1. The van der Waals surface area contributed by atoms with Crippen LogP contribution in [-0.2, 0) is 16.6 Å². The van der Waals surface area contributed by atoms with Gasteiger partial charge in [0.05, 0.1) is 11.4 Å². The Labute approximate surface area is 209 Å². The van der Waals surface area contributed by atoms with Gasteiger partial charge in [-0.25, -0.2) is 4.98 Å². The fraction of sp³-hybridized carbons (Fsp3) is 0.207. The highest BCUT2D eigenvalue weighted by Gasteiger charge is 2.37. The predicted octanol–water partition coefficient (Wildman–Crippen LogP) is 6.12. The molecule has 3 aromatic carbocycles. The summed E-state index contributed by atoms with van der Waals surface area (Å²) in [6.07, 6.45) is 1.65. The molecule has 0 bridgehead atoms. The van der Waals surface area contributed by atoms with E-state index in [1.54, 1.807) is 4.90 Å². The van der Waals surface area contributed by atoms with Gasteiger partial charge in [0.15, 0.2) is 5.16 Å². The maximum atomic E-state index is 13.4. The summed E-state index contributed by atoms with van der Waals surface area (Å²) in [6.45, 7) is 4.24. The van der Waals surface area contributed by atoms with E-state index >= 15 is 0 Å². The van der Waals surface area contributed by atoms with E-state index in [9.17, 15) is 9.59 Å². The maximum absolute atomic E-state index is 13.4.